The molecule has 0 aliphatic rings. The molecular weight excluding hydrogens is 226 g/mol. The number of carbonyl (C=O) groups is 1. The molecule has 2 rings (SSSR count). The normalized spacial score (nSPS) is 10.1. The minimum atomic E-state index is -0.216. The average Bonchev–Trinajstić information content (AvgIpc) is 2.74. The van der Waals surface area contributed by atoms with Gasteiger partial charge in [0.2, 0.25) is 0 Å². The summed E-state index contributed by atoms with van der Waals surface area (Å²) < 4.78 is 0. The number of carbonyl (C=O) groups excluding carboxylic acids is 1. The van der Waals surface area contributed by atoms with Gasteiger partial charge in [-0.1, -0.05) is 17.7 Å². The Labute approximate surface area is 97.6 Å². The van der Waals surface area contributed by atoms with Crippen molar-refractivity contribution in [3.05, 3.63) is 46.6 Å². The number of rotatable bonds is 2. The number of nitrogens with one attached hydrogen (secondary N) is 2. The first-order valence-corrected chi connectivity index (χ1v) is 5.12. The molecule has 4 nitrogen and oxygen atoms in total. The molecule has 0 bridgehead atoms. The molecule has 0 aliphatic carbocycles. The fourth-order valence-corrected chi connectivity index (χ4v) is 1.54. The number of benzene rings is 1. The maximum Gasteiger partial charge on any atom is 0.257 e. The number of aromatic nitrogens is 2. The molecule has 0 spiro atoms. The highest BCUT2D eigenvalue weighted by molar-refractivity contribution is 6.32. The van der Waals surface area contributed by atoms with Gasteiger partial charge in [-0.2, -0.15) is 5.10 Å². The van der Waals surface area contributed by atoms with Gasteiger partial charge in [0.05, 0.1) is 0 Å². The highest BCUT2D eigenvalue weighted by Crippen LogP contribution is 2.19. The maximum atomic E-state index is 11.9. The fourth-order valence-electron chi connectivity index (χ4n) is 1.37. The Morgan fingerprint density at radius 2 is 2.25 bits per heavy atom. The molecule has 0 aliphatic heterocycles. The van der Waals surface area contributed by atoms with Crippen LogP contribution in [0.2, 0.25) is 5.02 Å². The Morgan fingerprint density at radius 3 is 2.94 bits per heavy atom. The molecule has 2 N–H and O–H groups in total. The Morgan fingerprint density at radius 1 is 1.44 bits per heavy atom. The lowest BCUT2D eigenvalue weighted by Gasteiger charge is -2.06. The van der Waals surface area contributed by atoms with E-state index in [9.17, 15) is 4.79 Å². The predicted octanol–water partition coefficient (Wildman–Crippen LogP) is 2.62. The Kier molecular flexibility index (Phi) is 2.92. The molecule has 0 fully saturated rings. The highest BCUT2D eigenvalue weighted by atomic mass is 35.5. The zero-order valence-electron chi connectivity index (χ0n) is 8.62. The summed E-state index contributed by atoms with van der Waals surface area (Å²) in [7, 11) is 0. The van der Waals surface area contributed by atoms with Gasteiger partial charge in [0, 0.05) is 22.8 Å². The summed E-state index contributed by atoms with van der Waals surface area (Å²) in [5.74, 6) is 0.275. The second-order valence-corrected chi connectivity index (χ2v) is 3.73. The summed E-state index contributed by atoms with van der Waals surface area (Å²) in [6.45, 7) is 1.81. The zero-order valence-corrected chi connectivity index (χ0v) is 9.38. The van der Waals surface area contributed by atoms with Gasteiger partial charge in [0.1, 0.15) is 0 Å². The van der Waals surface area contributed by atoms with Crippen LogP contribution in [0.25, 0.3) is 0 Å². The monoisotopic (exact) mass is 235 g/mol. The van der Waals surface area contributed by atoms with Crippen molar-refractivity contribution in [1.29, 1.82) is 0 Å². The van der Waals surface area contributed by atoms with Crippen molar-refractivity contribution < 1.29 is 4.79 Å². The first kappa shape index (κ1) is 10.7. The van der Waals surface area contributed by atoms with E-state index in [0.29, 0.717) is 16.4 Å². The van der Waals surface area contributed by atoms with Crippen LogP contribution in [-0.4, -0.2) is 16.1 Å². The van der Waals surface area contributed by atoms with E-state index in [4.69, 9.17) is 11.6 Å². The van der Waals surface area contributed by atoms with Crippen LogP contribution in [0.3, 0.4) is 0 Å². The van der Waals surface area contributed by atoms with E-state index in [-0.39, 0.29) is 5.91 Å². The van der Waals surface area contributed by atoms with E-state index in [1.54, 1.807) is 30.5 Å². The van der Waals surface area contributed by atoms with Gasteiger partial charge in [-0.3, -0.25) is 9.89 Å². The molecule has 0 unspecified atom stereocenters. The molecule has 1 amide bonds. The van der Waals surface area contributed by atoms with Crippen molar-refractivity contribution in [3.8, 4) is 0 Å². The van der Waals surface area contributed by atoms with Crippen LogP contribution in [-0.2, 0) is 0 Å². The summed E-state index contributed by atoms with van der Waals surface area (Å²) in [6, 6.07) is 6.90. The lowest BCUT2D eigenvalue weighted by atomic mass is 10.1. The molecule has 2 aromatic rings. The number of H-pyrrole nitrogens is 1. The van der Waals surface area contributed by atoms with E-state index in [1.807, 2.05) is 6.92 Å². The molecule has 0 saturated heterocycles. The first-order chi connectivity index (χ1) is 7.68. The van der Waals surface area contributed by atoms with Gasteiger partial charge in [-0.15, -0.1) is 0 Å². The van der Waals surface area contributed by atoms with Gasteiger partial charge in [-0.05, 0) is 24.6 Å². The van der Waals surface area contributed by atoms with E-state index in [0.717, 1.165) is 5.56 Å². The largest absolute Gasteiger partial charge is 0.305 e. The Hall–Kier alpha value is -1.81. The van der Waals surface area contributed by atoms with E-state index in [1.165, 1.54) is 0 Å². The smallest absolute Gasteiger partial charge is 0.257 e. The molecule has 82 valence electrons. The number of nitrogens with zero attached hydrogens (tertiary/aromatic N) is 1. The predicted molar refractivity (Wildman–Crippen MR) is 62.7 cm³/mol. The van der Waals surface area contributed by atoms with Crippen LogP contribution in [0.15, 0.2) is 30.5 Å². The molecule has 1 heterocycles. The standard InChI is InChI=1S/C11H10ClN3O/c1-7-8(3-2-4-9(7)12)11(16)14-10-5-6-13-15-10/h2-6H,1H3,(H2,13,14,15,16). The lowest BCUT2D eigenvalue weighted by molar-refractivity contribution is 0.102. The van der Waals surface area contributed by atoms with Gasteiger partial charge in [0.25, 0.3) is 5.91 Å². The molecular formula is C11H10ClN3O. The quantitative estimate of drug-likeness (QED) is 0.841. The second-order valence-electron chi connectivity index (χ2n) is 3.33. The fraction of sp³-hybridized carbons (Fsp3) is 0.0909. The number of hydrogen-bond acceptors (Lipinski definition) is 2. The number of hydrogen-bond donors (Lipinski definition) is 2. The summed E-state index contributed by atoms with van der Waals surface area (Å²) >= 11 is 5.94. The number of anilines is 1. The van der Waals surface area contributed by atoms with E-state index < -0.39 is 0 Å². The van der Waals surface area contributed by atoms with Crippen LogP contribution in [0, 0.1) is 6.92 Å². The topological polar surface area (TPSA) is 57.8 Å². The van der Waals surface area contributed by atoms with Crippen molar-refractivity contribution in [2.45, 2.75) is 6.92 Å². The number of halogens is 1. The van der Waals surface area contributed by atoms with Gasteiger partial charge in [0.15, 0.2) is 5.82 Å². The maximum absolute atomic E-state index is 11.9. The highest BCUT2D eigenvalue weighted by Gasteiger charge is 2.11. The molecule has 16 heavy (non-hydrogen) atoms. The zero-order chi connectivity index (χ0) is 11.5. The molecule has 1 aromatic carbocycles. The molecule has 5 heteroatoms. The molecule has 1 aromatic heterocycles. The van der Waals surface area contributed by atoms with Crippen LogP contribution >= 0.6 is 11.6 Å². The van der Waals surface area contributed by atoms with Crippen molar-refractivity contribution in [3.63, 3.8) is 0 Å². The minimum Gasteiger partial charge on any atom is -0.305 e. The van der Waals surface area contributed by atoms with Gasteiger partial charge < -0.3 is 5.32 Å². The summed E-state index contributed by atoms with van der Waals surface area (Å²) in [6.07, 6.45) is 1.64. The van der Waals surface area contributed by atoms with Crippen molar-refractivity contribution in [2.75, 3.05) is 5.32 Å². The third kappa shape index (κ3) is 2.06. The van der Waals surface area contributed by atoms with Gasteiger partial charge in [-0.25, -0.2) is 0 Å². The Balaban J connectivity index is 2.24. The Bertz CT molecular complexity index is 508. The summed E-state index contributed by atoms with van der Waals surface area (Å²) in [5, 5.41) is 9.71. The van der Waals surface area contributed by atoms with Crippen LogP contribution in [0.1, 0.15) is 15.9 Å². The number of aromatic amines is 1. The van der Waals surface area contributed by atoms with Crippen LogP contribution in [0.4, 0.5) is 5.82 Å². The third-order valence-corrected chi connectivity index (χ3v) is 2.66. The summed E-state index contributed by atoms with van der Waals surface area (Å²) in [4.78, 5) is 11.9. The van der Waals surface area contributed by atoms with E-state index in [2.05, 4.69) is 15.5 Å². The molecule has 0 saturated carbocycles. The van der Waals surface area contributed by atoms with Crippen LogP contribution < -0.4 is 5.32 Å². The van der Waals surface area contributed by atoms with Crippen molar-refractivity contribution >= 4 is 23.3 Å². The van der Waals surface area contributed by atoms with E-state index >= 15 is 0 Å². The average molecular weight is 236 g/mol. The third-order valence-electron chi connectivity index (χ3n) is 2.25. The summed E-state index contributed by atoms with van der Waals surface area (Å²) in [5.41, 5.74) is 1.31. The van der Waals surface area contributed by atoms with Gasteiger partial charge >= 0.3 is 0 Å². The van der Waals surface area contributed by atoms with Crippen molar-refractivity contribution in [2.24, 2.45) is 0 Å². The molecule has 0 atom stereocenters. The second kappa shape index (κ2) is 4.37. The SMILES string of the molecule is Cc1c(Cl)cccc1C(=O)Nc1cc[nH]n1. The molecule has 0 radical (unpaired) electrons. The van der Waals surface area contributed by atoms with Crippen LogP contribution in [0.5, 0.6) is 0 Å². The van der Waals surface area contributed by atoms with Crippen molar-refractivity contribution in [1.82, 2.24) is 10.2 Å². The first-order valence-electron chi connectivity index (χ1n) is 4.75. The minimum absolute atomic E-state index is 0.216. The number of amides is 1. The lowest BCUT2D eigenvalue weighted by Crippen LogP contribution is -2.13.